The van der Waals surface area contributed by atoms with Gasteiger partial charge in [-0.3, -0.25) is 10.1 Å². The lowest BCUT2D eigenvalue weighted by Gasteiger charge is -2.26. The van der Waals surface area contributed by atoms with Crippen LogP contribution in [-0.2, 0) is 19.6 Å². The van der Waals surface area contributed by atoms with Crippen molar-refractivity contribution in [2.24, 2.45) is 5.73 Å². The molecule has 1 aromatic carbocycles. The van der Waals surface area contributed by atoms with Gasteiger partial charge in [-0.05, 0) is 44.4 Å². The van der Waals surface area contributed by atoms with Gasteiger partial charge in [0, 0.05) is 13.1 Å². The molecule has 3 N–H and O–H groups in total. The summed E-state index contributed by atoms with van der Waals surface area (Å²) in [6.45, 7) is 3.79. The summed E-state index contributed by atoms with van der Waals surface area (Å²) in [7, 11) is -3.71. The fraction of sp³-hybridized carbons (Fsp3) is 0.471. The van der Waals surface area contributed by atoms with Gasteiger partial charge in [0.15, 0.2) is 6.10 Å². The molecule has 0 bridgehead atoms. The zero-order chi connectivity index (χ0) is 20.2. The second-order valence-electron chi connectivity index (χ2n) is 6.34. The Kier molecular flexibility index (Phi) is 6.55. The average Bonchev–Trinajstić information content (AvgIpc) is 2.61. The van der Waals surface area contributed by atoms with Crippen molar-refractivity contribution in [2.45, 2.75) is 44.1 Å². The molecule has 1 aliphatic heterocycles. The predicted octanol–water partition coefficient (Wildman–Crippen LogP) is 0.910. The maximum Gasteiger partial charge on any atom is 0.339 e. The molecule has 1 atom stereocenters. The Bertz CT molecular complexity index is 846. The van der Waals surface area contributed by atoms with Gasteiger partial charge >= 0.3 is 12.0 Å². The molecular weight excluding hydrogens is 374 g/mol. The van der Waals surface area contributed by atoms with Gasteiger partial charge in [-0.1, -0.05) is 12.5 Å². The lowest BCUT2D eigenvalue weighted by atomic mass is 10.1. The Labute approximate surface area is 157 Å². The highest BCUT2D eigenvalue weighted by molar-refractivity contribution is 7.89. The zero-order valence-corrected chi connectivity index (χ0v) is 16.0. The molecule has 0 saturated carbocycles. The topological polar surface area (TPSA) is 136 Å². The number of ether oxygens (including phenoxy) is 1. The minimum Gasteiger partial charge on any atom is -0.449 e. The molecule has 0 aliphatic carbocycles. The molecule has 0 aromatic heterocycles. The number of hydrogen-bond donors (Lipinski definition) is 2. The minimum atomic E-state index is -3.71. The molecule has 0 spiro atoms. The van der Waals surface area contributed by atoms with Crippen LogP contribution < -0.4 is 11.1 Å². The molecule has 27 heavy (non-hydrogen) atoms. The van der Waals surface area contributed by atoms with Crippen LogP contribution in [0, 0.1) is 6.92 Å². The SMILES string of the molecule is Cc1ccc(S(=O)(=O)N2CCCCC2)cc1C(=O)O[C@H](C)C(=O)NC(N)=O. The quantitative estimate of drug-likeness (QED) is 0.709. The molecule has 1 aliphatic rings. The summed E-state index contributed by atoms with van der Waals surface area (Å²) in [6.07, 6.45) is 1.31. The summed E-state index contributed by atoms with van der Waals surface area (Å²) in [5, 5.41) is 1.81. The van der Waals surface area contributed by atoms with Gasteiger partial charge in [0.25, 0.3) is 5.91 Å². The van der Waals surface area contributed by atoms with E-state index in [2.05, 4.69) is 0 Å². The number of nitrogens with one attached hydrogen (secondary N) is 1. The highest BCUT2D eigenvalue weighted by Gasteiger charge is 2.28. The summed E-state index contributed by atoms with van der Waals surface area (Å²) in [5.74, 6) is -1.74. The van der Waals surface area contributed by atoms with Gasteiger partial charge in [0.1, 0.15) is 0 Å². The molecule has 1 aromatic rings. The maximum absolute atomic E-state index is 12.8. The number of nitrogens with zero attached hydrogens (tertiary/aromatic N) is 1. The van der Waals surface area contributed by atoms with E-state index in [4.69, 9.17) is 10.5 Å². The number of piperidine rings is 1. The van der Waals surface area contributed by atoms with Crippen LogP contribution in [0.4, 0.5) is 4.79 Å². The molecule has 9 nitrogen and oxygen atoms in total. The van der Waals surface area contributed by atoms with E-state index in [1.165, 1.54) is 29.4 Å². The van der Waals surface area contributed by atoms with E-state index in [1.807, 2.05) is 5.32 Å². The number of imide groups is 1. The van der Waals surface area contributed by atoms with Gasteiger partial charge in [-0.15, -0.1) is 0 Å². The standard InChI is InChI=1S/C17H23N3O6S/c1-11-6-7-13(27(24,25)20-8-4-3-5-9-20)10-14(11)16(22)26-12(2)15(21)19-17(18)23/h6-7,10,12H,3-5,8-9H2,1-2H3,(H3,18,19,21,23)/t12-/m1/s1. The number of hydrogen-bond acceptors (Lipinski definition) is 6. The highest BCUT2D eigenvalue weighted by atomic mass is 32.2. The zero-order valence-electron chi connectivity index (χ0n) is 15.2. The molecule has 10 heteroatoms. The molecule has 1 heterocycles. The van der Waals surface area contributed by atoms with Crippen LogP contribution in [0.1, 0.15) is 42.1 Å². The first-order valence-corrected chi connectivity index (χ1v) is 9.99. The number of carbonyl (C=O) groups is 3. The Morgan fingerprint density at radius 1 is 1.19 bits per heavy atom. The molecule has 1 fully saturated rings. The maximum atomic E-state index is 12.8. The fourth-order valence-corrected chi connectivity index (χ4v) is 4.28. The molecule has 3 amide bonds. The second-order valence-corrected chi connectivity index (χ2v) is 8.28. The lowest BCUT2D eigenvalue weighted by molar-refractivity contribution is -0.127. The predicted molar refractivity (Wildman–Crippen MR) is 96.4 cm³/mol. The second kappa shape index (κ2) is 8.49. The molecule has 0 radical (unpaired) electrons. The number of carbonyl (C=O) groups excluding carboxylic acids is 3. The first kappa shape index (κ1) is 20.8. The van der Waals surface area contributed by atoms with Crippen molar-refractivity contribution in [2.75, 3.05) is 13.1 Å². The summed E-state index contributed by atoms with van der Waals surface area (Å²) >= 11 is 0. The number of sulfonamides is 1. The van der Waals surface area contributed by atoms with Crippen molar-refractivity contribution >= 4 is 27.9 Å². The number of esters is 1. The Morgan fingerprint density at radius 2 is 1.81 bits per heavy atom. The third-order valence-corrected chi connectivity index (χ3v) is 6.18. The number of benzene rings is 1. The van der Waals surface area contributed by atoms with Crippen molar-refractivity contribution in [1.29, 1.82) is 0 Å². The molecule has 148 valence electrons. The summed E-state index contributed by atoms with van der Waals surface area (Å²) < 4.78 is 32.0. The third kappa shape index (κ3) is 5.04. The van der Waals surface area contributed by atoms with E-state index in [9.17, 15) is 22.8 Å². The van der Waals surface area contributed by atoms with Crippen LogP contribution >= 0.6 is 0 Å². The normalized spacial score (nSPS) is 16.4. The van der Waals surface area contributed by atoms with Crippen molar-refractivity contribution in [3.8, 4) is 0 Å². The first-order chi connectivity index (χ1) is 12.6. The van der Waals surface area contributed by atoms with Crippen LogP contribution in [-0.4, -0.2) is 49.8 Å². The van der Waals surface area contributed by atoms with Crippen LogP contribution in [0.3, 0.4) is 0 Å². The molecule has 2 rings (SSSR count). The minimum absolute atomic E-state index is 0.00353. The molecule has 1 saturated heterocycles. The van der Waals surface area contributed by atoms with Crippen LogP contribution in [0.2, 0.25) is 0 Å². The fourth-order valence-electron chi connectivity index (χ4n) is 2.74. The highest BCUT2D eigenvalue weighted by Crippen LogP contribution is 2.23. The monoisotopic (exact) mass is 397 g/mol. The van der Waals surface area contributed by atoms with E-state index in [0.29, 0.717) is 18.7 Å². The van der Waals surface area contributed by atoms with E-state index < -0.39 is 34.0 Å². The van der Waals surface area contributed by atoms with Crippen molar-refractivity contribution in [3.05, 3.63) is 29.3 Å². The summed E-state index contributed by atoms with van der Waals surface area (Å²) in [4.78, 5) is 34.7. The molecular formula is C17H23N3O6S. The van der Waals surface area contributed by atoms with Crippen LogP contribution in [0.5, 0.6) is 0 Å². The number of nitrogens with two attached hydrogens (primary N) is 1. The largest absolute Gasteiger partial charge is 0.449 e. The Morgan fingerprint density at radius 3 is 2.41 bits per heavy atom. The number of urea groups is 1. The van der Waals surface area contributed by atoms with Gasteiger partial charge in [-0.25, -0.2) is 18.0 Å². The van der Waals surface area contributed by atoms with Crippen molar-refractivity contribution in [3.63, 3.8) is 0 Å². The smallest absolute Gasteiger partial charge is 0.339 e. The van der Waals surface area contributed by atoms with Crippen LogP contribution in [0.25, 0.3) is 0 Å². The van der Waals surface area contributed by atoms with Gasteiger partial charge < -0.3 is 10.5 Å². The van der Waals surface area contributed by atoms with E-state index in [-0.39, 0.29) is 10.5 Å². The average molecular weight is 397 g/mol. The summed E-state index contributed by atoms with van der Waals surface area (Å²) in [5.41, 5.74) is 5.39. The number of aryl methyl sites for hydroxylation is 1. The van der Waals surface area contributed by atoms with E-state index in [1.54, 1.807) is 6.92 Å². The van der Waals surface area contributed by atoms with E-state index in [0.717, 1.165) is 19.3 Å². The Hall–Kier alpha value is -2.46. The number of rotatable bonds is 5. The van der Waals surface area contributed by atoms with Crippen molar-refractivity contribution in [1.82, 2.24) is 9.62 Å². The van der Waals surface area contributed by atoms with Crippen molar-refractivity contribution < 1.29 is 27.5 Å². The van der Waals surface area contributed by atoms with Crippen LogP contribution in [0.15, 0.2) is 23.1 Å². The third-order valence-electron chi connectivity index (χ3n) is 4.28. The number of amides is 3. The van der Waals surface area contributed by atoms with Gasteiger partial charge in [-0.2, -0.15) is 4.31 Å². The summed E-state index contributed by atoms with van der Waals surface area (Å²) in [6, 6.07) is 3.15. The lowest BCUT2D eigenvalue weighted by Crippen LogP contribution is -2.42. The molecule has 0 unspecified atom stereocenters. The Balaban J connectivity index is 2.22. The van der Waals surface area contributed by atoms with Gasteiger partial charge in [0.05, 0.1) is 10.5 Å². The number of primary amides is 1. The van der Waals surface area contributed by atoms with E-state index >= 15 is 0 Å². The van der Waals surface area contributed by atoms with Gasteiger partial charge in [0.2, 0.25) is 10.0 Å². The first-order valence-electron chi connectivity index (χ1n) is 8.55.